The number of allylic oxidation sites excluding steroid dienone is 4. The Kier molecular flexibility index (Phi) is 7.21. The molecule has 0 bridgehead atoms. The Hall–Kier alpha value is -2.34. The predicted octanol–water partition coefficient (Wildman–Crippen LogP) is 5.20. The van der Waals surface area contributed by atoms with Gasteiger partial charge in [0.05, 0.1) is 18.4 Å². The zero-order valence-corrected chi connectivity index (χ0v) is 14.9. The van der Waals surface area contributed by atoms with E-state index < -0.39 is 11.6 Å². The molecule has 0 radical (unpaired) electrons. The van der Waals surface area contributed by atoms with Crippen LogP contribution in [0, 0.1) is 11.6 Å². The van der Waals surface area contributed by atoms with Crippen LogP contribution < -0.4 is 0 Å². The molecule has 1 aromatic heterocycles. The molecular weight excluding hydrogens is 365 g/mol. The first-order valence-corrected chi connectivity index (χ1v) is 8.51. The van der Waals surface area contributed by atoms with Gasteiger partial charge in [-0.3, -0.25) is 9.18 Å². The second-order valence-corrected chi connectivity index (χ2v) is 5.80. The number of nitrogens with zero attached hydrogens (tertiary/aromatic N) is 2. The lowest BCUT2D eigenvalue weighted by Crippen LogP contribution is -2.07. The Morgan fingerprint density at radius 2 is 2.08 bits per heavy atom. The molecular formula is C19H18ClF3N2O. The summed E-state index contributed by atoms with van der Waals surface area (Å²) in [5.74, 6) is -1.12. The van der Waals surface area contributed by atoms with E-state index in [1.165, 1.54) is 6.07 Å². The highest BCUT2D eigenvalue weighted by atomic mass is 35.5. The van der Waals surface area contributed by atoms with Crippen LogP contribution in [0.1, 0.15) is 28.9 Å². The molecule has 0 saturated carbocycles. The summed E-state index contributed by atoms with van der Waals surface area (Å²) in [6, 6.07) is 3.23. The lowest BCUT2D eigenvalue weighted by molar-refractivity contribution is 0.112. The molecule has 1 aromatic carbocycles. The molecule has 0 fully saturated rings. The van der Waals surface area contributed by atoms with E-state index in [-0.39, 0.29) is 16.8 Å². The molecule has 1 aliphatic rings. The number of carbonyl (C=O) groups excluding carboxylic acids is 1. The fourth-order valence-corrected chi connectivity index (χ4v) is 2.98. The Bertz CT molecular complexity index is 844. The van der Waals surface area contributed by atoms with Crippen LogP contribution in [0.2, 0.25) is 0 Å². The predicted molar refractivity (Wildman–Crippen MR) is 97.1 cm³/mol. The molecule has 0 spiro atoms. The number of halogens is 4. The summed E-state index contributed by atoms with van der Waals surface area (Å²) in [6.45, 7) is 0. The van der Waals surface area contributed by atoms with Crippen LogP contribution in [-0.2, 0) is 6.42 Å². The van der Waals surface area contributed by atoms with Gasteiger partial charge in [0, 0.05) is 29.6 Å². The van der Waals surface area contributed by atoms with Crippen molar-refractivity contribution in [3.63, 3.8) is 0 Å². The molecule has 7 heteroatoms. The van der Waals surface area contributed by atoms with Crippen LogP contribution in [0.3, 0.4) is 0 Å². The maximum absolute atomic E-state index is 14.2. The standard InChI is InChI=1S/C18H15ClF2N2O.CH3F/c19-9-8-17-15(11-24)18(14-7-6-12(20)10-16(14)21)22-23(17)13-4-2-1-3-5-13;1-2/h1-2,4,6-7,10-11H,3,5,8-9H2;1H3. The number of hydrogen-bond acceptors (Lipinski definition) is 2. The fourth-order valence-electron chi connectivity index (χ4n) is 2.80. The molecule has 0 atom stereocenters. The number of carbonyl (C=O) groups is 1. The Labute approximate surface area is 154 Å². The van der Waals surface area contributed by atoms with Crippen LogP contribution in [0.4, 0.5) is 13.2 Å². The minimum atomic E-state index is -0.752. The third kappa shape index (κ3) is 4.07. The monoisotopic (exact) mass is 382 g/mol. The van der Waals surface area contributed by atoms with Gasteiger partial charge in [0.25, 0.3) is 0 Å². The first-order chi connectivity index (χ1) is 12.7. The molecule has 0 saturated heterocycles. The van der Waals surface area contributed by atoms with Crippen molar-refractivity contribution in [2.45, 2.75) is 19.3 Å². The van der Waals surface area contributed by atoms with Crippen molar-refractivity contribution in [3.05, 3.63) is 59.3 Å². The Morgan fingerprint density at radius 1 is 1.31 bits per heavy atom. The molecule has 138 valence electrons. The topological polar surface area (TPSA) is 34.9 Å². The average Bonchev–Trinajstić information content (AvgIpc) is 3.02. The maximum atomic E-state index is 14.2. The number of alkyl halides is 2. The smallest absolute Gasteiger partial charge is 0.154 e. The van der Waals surface area contributed by atoms with Gasteiger partial charge in [-0.15, -0.1) is 11.6 Å². The van der Waals surface area contributed by atoms with Crippen molar-refractivity contribution in [1.29, 1.82) is 0 Å². The van der Waals surface area contributed by atoms with E-state index in [0.717, 1.165) is 30.7 Å². The van der Waals surface area contributed by atoms with Gasteiger partial charge in [-0.05, 0) is 31.1 Å². The molecule has 2 aromatic rings. The molecule has 26 heavy (non-hydrogen) atoms. The first kappa shape index (κ1) is 20.0. The zero-order chi connectivity index (χ0) is 19.1. The van der Waals surface area contributed by atoms with Crippen LogP contribution in [0.25, 0.3) is 17.0 Å². The molecule has 1 aliphatic carbocycles. The summed E-state index contributed by atoms with van der Waals surface area (Å²) >= 11 is 5.87. The summed E-state index contributed by atoms with van der Waals surface area (Å²) in [7, 11) is 0.500. The highest BCUT2D eigenvalue weighted by molar-refractivity contribution is 6.18. The second-order valence-electron chi connectivity index (χ2n) is 5.43. The lowest BCUT2D eigenvalue weighted by atomic mass is 10.0. The largest absolute Gasteiger partial charge is 0.298 e. The molecule has 0 N–H and O–H groups in total. The summed E-state index contributed by atoms with van der Waals surface area (Å²) < 4.78 is 38.5. The first-order valence-electron chi connectivity index (χ1n) is 7.98. The lowest BCUT2D eigenvalue weighted by Gasteiger charge is -2.12. The minimum absolute atomic E-state index is 0.0972. The molecule has 3 rings (SSSR count). The van der Waals surface area contributed by atoms with Gasteiger partial charge >= 0.3 is 0 Å². The molecule has 3 nitrogen and oxygen atoms in total. The zero-order valence-electron chi connectivity index (χ0n) is 14.2. The summed E-state index contributed by atoms with van der Waals surface area (Å²) in [4.78, 5) is 11.6. The van der Waals surface area contributed by atoms with Gasteiger partial charge in [-0.1, -0.05) is 12.2 Å². The van der Waals surface area contributed by atoms with E-state index in [0.29, 0.717) is 31.5 Å². The van der Waals surface area contributed by atoms with Gasteiger partial charge in [0.1, 0.15) is 17.3 Å². The van der Waals surface area contributed by atoms with E-state index in [9.17, 15) is 18.0 Å². The second kappa shape index (κ2) is 9.38. The number of rotatable bonds is 5. The average molecular weight is 383 g/mol. The summed E-state index contributed by atoms with van der Waals surface area (Å²) in [6.07, 6.45) is 8.57. The quantitative estimate of drug-likeness (QED) is 0.526. The van der Waals surface area contributed by atoms with E-state index in [1.54, 1.807) is 4.68 Å². The number of aldehydes is 1. The van der Waals surface area contributed by atoms with Crippen LogP contribution in [-0.4, -0.2) is 29.1 Å². The Balaban J connectivity index is 0.00000117. The van der Waals surface area contributed by atoms with Crippen LogP contribution in [0.5, 0.6) is 0 Å². The van der Waals surface area contributed by atoms with E-state index in [2.05, 4.69) is 5.10 Å². The number of benzene rings is 1. The Morgan fingerprint density at radius 3 is 2.65 bits per heavy atom. The van der Waals surface area contributed by atoms with E-state index in [4.69, 9.17) is 11.6 Å². The van der Waals surface area contributed by atoms with Crippen molar-refractivity contribution in [2.75, 3.05) is 13.1 Å². The summed E-state index contributed by atoms with van der Waals surface area (Å²) in [5.41, 5.74) is 2.14. The third-order valence-electron chi connectivity index (χ3n) is 3.92. The summed E-state index contributed by atoms with van der Waals surface area (Å²) in [5, 5.41) is 4.45. The van der Waals surface area contributed by atoms with E-state index >= 15 is 0 Å². The molecule has 0 aliphatic heterocycles. The van der Waals surface area contributed by atoms with Crippen LogP contribution in [0.15, 0.2) is 36.4 Å². The molecule has 1 heterocycles. The highest BCUT2D eigenvalue weighted by Crippen LogP contribution is 2.30. The maximum Gasteiger partial charge on any atom is 0.154 e. The van der Waals surface area contributed by atoms with Crippen molar-refractivity contribution in [2.24, 2.45) is 0 Å². The van der Waals surface area contributed by atoms with Gasteiger partial charge in [0.2, 0.25) is 0 Å². The van der Waals surface area contributed by atoms with Crippen molar-refractivity contribution in [1.82, 2.24) is 9.78 Å². The van der Waals surface area contributed by atoms with Crippen LogP contribution >= 0.6 is 11.6 Å². The van der Waals surface area contributed by atoms with Gasteiger partial charge in [-0.2, -0.15) is 5.10 Å². The SMILES string of the molecule is CF.O=Cc1c(-c2ccc(F)cc2F)nn(C2=CC=CCC2)c1CCCl. The minimum Gasteiger partial charge on any atom is -0.298 e. The number of aromatic nitrogens is 2. The van der Waals surface area contributed by atoms with Gasteiger partial charge in [0.15, 0.2) is 6.29 Å². The van der Waals surface area contributed by atoms with E-state index in [1.807, 2.05) is 18.2 Å². The highest BCUT2D eigenvalue weighted by Gasteiger charge is 2.22. The van der Waals surface area contributed by atoms with Crippen molar-refractivity contribution < 1.29 is 18.0 Å². The normalized spacial score (nSPS) is 13.0. The van der Waals surface area contributed by atoms with Gasteiger partial charge in [-0.25, -0.2) is 13.5 Å². The number of hydrogen-bond donors (Lipinski definition) is 0. The molecule has 0 unspecified atom stereocenters. The van der Waals surface area contributed by atoms with Crippen molar-refractivity contribution in [3.8, 4) is 11.3 Å². The molecule has 0 amide bonds. The fraction of sp³-hybridized carbons (Fsp3) is 0.263. The van der Waals surface area contributed by atoms with Gasteiger partial charge < -0.3 is 0 Å². The van der Waals surface area contributed by atoms with Crippen molar-refractivity contribution >= 4 is 23.6 Å². The third-order valence-corrected chi connectivity index (χ3v) is 4.11.